The fourth-order valence-electron chi connectivity index (χ4n) is 2.52. The number of carboxylic acids is 1. The van der Waals surface area contributed by atoms with E-state index in [0.717, 1.165) is 10.5 Å². The minimum Gasteiger partial charge on any atom is -0.478 e. The topological polar surface area (TPSA) is 74.7 Å². The molecule has 0 fully saturated rings. The van der Waals surface area contributed by atoms with Crippen molar-refractivity contribution in [2.75, 3.05) is 6.54 Å². The molecule has 0 saturated carbocycles. The number of hydrogen-bond acceptors (Lipinski definition) is 3. The van der Waals surface area contributed by atoms with E-state index in [2.05, 4.69) is 0 Å². The van der Waals surface area contributed by atoms with Crippen molar-refractivity contribution in [2.45, 2.75) is 6.42 Å². The van der Waals surface area contributed by atoms with E-state index in [-0.39, 0.29) is 29.1 Å². The van der Waals surface area contributed by atoms with Crippen LogP contribution in [0.5, 0.6) is 0 Å². The van der Waals surface area contributed by atoms with E-state index in [4.69, 9.17) is 5.11 Å². The van der Waals surface area contributed by atoms with Gasteiger partial charge in [0.25, 0.3) is 11.8 Å². The summed E-state index contributed by atoms with van der Waals surface area (Å²) in [7, 11) is 0. The Balaban J connectivity index is 1.79. The van der Waals surface area contributed by atoms with Gasteiger partial charge >= 0.3 is 5.97 Å². The van der Waals surface area contributed by atoms with Gasteiger partial charge in [0, 0.05) is 6.54 Å². The number of nitrogens with zero attached hydrogens (tertiary/aromatic N) is 1. The zero-order chi connectivity index (χ0) is 16.6. The molecule has 0 aromatic heterocycles. The highest BCUT2D eigenvalue weighted by Gasteiger charge is 2.35. The van der Waals surface area contributed by atoms with E-state index in [0.29, 0.717) is 6.42 Å². The van der Waals surface area contributed by atoms with Gasteiger partial charge in [0.05, 0.1) is 16.7 Å². The number of amides is 2. The van der Waals surface area contributed by atoms with Crippen LogP contribution in [0.3, 0.4) is 0 Å². The first-order valence-corrected chi connectivity index (χ1v) is 6.95. The summed E-state index contributed by atoms with van der Waals surface area (Å²) in [6.07, 6.45) is 0.400. The normalized spacial score (nSPS) is 13.3. The number of fused-ring (bicyclic) bond motifs is 1. The molecule has 3 rings (SSSR count). The Kier molecular flexibility index (Phi) is 3.65. The van der Waals surface area contributed by atoms with Gasteiger partial charge in [-0.3, -0.25) is 14.5 Å². The second-order valence-electron chi connectivity index (χ2n) is 5.20. The minimum absolute atomic E-state index is 0.0368. The average Bonchev–Trinajstić information content (AvgIpc) is 2.78. The maximum atomic E-state index is 12.9. The fraction of sp³-hybridized carbons (Fsp3) is 0.118. The summed E-state index contributed by atoms with van der Waals surface area (Å²) >= 11 is 0. The molecule has 2 aromatic rings. The van der Waals surface area contributed by atoms with Gasteiger partial charge < -0.3 is 5.11 Å². The lowest BCUT2D eigenvalue weighted by Crippen LogP contribution is -2.31. The van der Waals surface area contributed by atoms with Crippen molar-refractivity contribution in [3.63, 3.8) is 0 Å². The van der Waals surface area contributed by atoms with Crippen LogP contribution in [0.4, 0.5) is 4.39 Å². The second-order valence-corrected chi connectivity index (χ2v) is 5.20. The average molecular weight is 313 g/mol. The summed E-state index contributed by atoms with van der Waals surface area (Å²) in [5.74, 6) is -2.45. The van der Waals surface area contributed by atoms with Gasteiger partial charge in [0.2, 0.25) is 0 Å². The van der Waals surface area contributed by atoms with Gasteiger partial charge in [-0.1, -0.05) is 12.1 Å². The highest BCUT2D eigenvalue weighted by Crippen LogP contribution is 2.24. The lowest BCUT2D eigenvalue weighted by Gasteiger charge is -2.13. The first-order chi connectivity index (χ1) is 11.0. The molecule has 0 bridgehead atoms. The molecular formula is C17H12FNO4. The summed E-state index contributed by atoms with van der Waals surface area (Å²) in [5, 5.41) is 8.97. The van der Waals surface area contributed by atoms with Crippen LogP contribution in [-0.2, 0) is 6.42 Å². The van der Waals surface area contributed by atoms with Crippen LogP contribution in [0.2, 0.25) is 0 Å². The van der Waals surface area contributed by atoms with Crippen LogP contribution in [0.1, 0.15) is 36.6 Å². The van der Waals surface area contributed by atoms with Crippen LogP contribution in [-0.4, -0.2) is 34.3 Å². The predicted octanol–water partition coefficient (Wildman–Crippen LogP) is 2.36. The van der Waals surface area contributed by atoms with E-state index in [1.165, 1.54) is 30.3 Å². The molecule has 0 aliphatic carbocycles. The molecule has 0 radical (unpaired) electrons. The first kappa shape index (κ1) is 14.9. The van der Waals surface area contributed by atoms with Gasteiger partial charge in [0.1, 0.15) is 5.82 Å². The standard InChI is InChI=1S/C17H12FNO4/c18-12-4-1-10(2-5-12)7-8-19-15(20)13-6-3-11(17(22)23)9-14(13)16(19)21/h1-6,9H,7-8H2,(H,22,23). The van der Waals surface area contributed by atoms with Crippen LogP contribution < -0.4 is 0 Å². The zero-order valence-corrected chi connectivity index (χ0v) is 12.0. The van der Waals surface area contributed by atoms with E-state index >= 15 is 0 Å². The van der Waals surface area contributed by atoms with Gasteiger partial charge in [0.15, 0.2) is 0 Å². The van der Waals surface area contributed by atoms with Gasteiger partial charge in [-0.2, -0.15) is 0 Å². The molecule has 23 heavy (non-hydrogen) atoms. The van der Waals surface area contributed by atoms with Gasteiger partial charge in [-0.25, -0.2) is 9.18 Å². The van der Waals surface area contributed by atoms with E-state index < -0.39 is 17.8 Å². The number of carboxylic acid groups (broad SMARTS) is 1. The smallest absolute Gasteiger partial charge is 0.335 e. The summed E-state index contributed by atoms with van der Waals surface area (Å²) < 4.78 is 12.9. The summed E-state index contributed by atoms with van der Waals surface area (Å²) in [6.45, 7) is 0.153. The molecule has 1 aliphatic heterocycles. The largest absolute Gasteiger partial charge is 0.478 e. The number of hydrogen-bond donors (Lipinski definition) is 1. The van der Waals surface area contributed by atoms with Crippen molar-refractivity contribution in [3.05, 3.63) is 70.5 Å². The number of carbonyl (C=O) groups is 3. The number of rotatable bonds is 4. The van der Waals surface area contributed by atoms with Crippen molar-refractivity contribution >= 4 is 17.8 Å². The van der Waals surface area contributed by atoms with Gasteiger partial charge in [-0.05, 0) is 42.3 Å². The lowest BCUT2D eigenvalue weighted by atomic mass is 10.1. The number of halogens is 1. The minimum atomic E-state index is -1.15. The first-order valence-electron chi connectivity index (χ1n) is 6.95. The third-order valence-electron chi connectivity index (χ3n) is 3.75. The molecule has 0 atom stereocenters. The maximum absolute atomic E-state index is 12.9. The molecule has 2 aromatic carbocycles. The number of benzene rings is 2. The van der Waals surface area contributed by atoms with Crippen molar-refractivity contribution in [2.24, 2.45) is 0 Å². The molecule has 0 unspecified atom stereocenters. The monoisotopic (exact) mass is 313 g/mol. The van der Waals surface area contributed by atoms with Crippen LogP contribution in [0, 0.1) is 5.82 Å². The van der Waals surface area contributed by atoms with E-state index in [1.807, 2.05) is 0 Å². The molecule has 2 amide bonds. The SMILES string of the molecule is O=C(O)c1ccc2c(c1)C(=O)N(CCc1ccc(F)cc1)C2=O. The molecule has 1 aliphatic rings. The van der Waals surface area contributed by atoms with E-state index in [9.17, 15) is 18.8 Å². The third-order valence-corrected chi connectivity index (χ3v) is 3.75. The third kappa shape index (κ3) is 2.70. The molecule has 116 valence electrons. The molecule has 6 heteroatoms. The zero-order valence-electron chi connectivity index (χ0n) is 12.0. The van der Waals surface area contributed by atoms with Crippen molar-refractivity contribution in [1.82, 2.24) is 4.90 Å². The predicted molar refractivity (Wildman–Crippen MR) is 78.9 cm³/mol. The highest BCUT2D eigenvalue weighted by atomic mass is 19.1. The Hall–Kier alpha value is -3.02. The second kappa shape index (κ2) is 5.64. The van der Waals surface area contributed by atoms with Crippen LogP contribution >= 0.6 is 0 Å². The summed E-state index contributed by atoms with van der Waals surface area (Å²) in [4.78, 5) is 36.6. The molecule has 0 spiro atoms. The number of imide groups is 1. The fourth-order valence-corrected chi connectivity index (χ4v) is 2.52. The molecule has 1 heterocycles. The van der Waals surface area contributed by atoms with Crippen molar-refractivity contribution < 1.29 is 23.9 Å². The molecule has 0 saturated heterocycles. The van der Waals surface area contributed by atoms with Crippen LogP contribution in [0.15, 0.2) is 42.5 Å². The Morgan fingerprint density at radius 3 is 2.30 bits per heavy atom. The van der Waals surface area contributed by atoms with Crippen molar-refractivity contribution in [3.8, 4) is 0 Å². The molecule has 5 nitrogen and oxygen atoms in total. The summed E-state index contributed by atoms with van der Waals surface area (Å²) in [6, 6.07) is 9.70. The maximum Gasteiger partial charge on any atom is 0.335 e. The molecule has 1 N–H and O–H groups in total. The Morgan fingerprint density at radius 1 is 1.00 bits per heavy atom. The van der Waals surface area contributed by atoms with E-state index in [1.54, 1.807) is 12.1 Å². The summed E-state index contributed by atoms with van der Waals surface area (Å²) in [5.41, 5.74) is 1.08. The Bertz CT molecular complexity index is 814. The lowest BCUT2D eigenvalue weighted by molar-refractivity contribution is 0.0654. The number of aromatic carboxylic acids is 1. The Morgan fingerprint density at radius 2 is 1.65 bits per heavy atom. The highest BCUT2D eigenvalue weighted by molar-refractivity contribution is 6.21. The number of carbonyl (C=O) groups excluding carboxylic acids is 2. The molecular weight excluding hydrogens is 301 g/mol. The Labute approximate surface area is 131 Å². The van der Waals surface area contributed by atoms with Gasteiger partial charge in [-0.15, -0.1) is 0 Å². The van der Waals surface area contributed by atoms with Crippen molar-refractivity contribution in [1.29, 1.82) is 0 Å². The van der Waals surface area contributed by atoms with Crippen LogP contribution in [0.25, 0.3) is 0 Å². The quantitative estimate of drug-likeness (QED) is 0.879.